The fourth-order valence-corrected chi connectivity index (χ4v) is 4.60. The fourth-order valence-electron chi connectivity index (χ4n) is 4.60. The van der Waals surface area contributed by atoms with Gasteiger partial charge in [-0.25, -0.2) is 0 Å². The molecular formula is C16H30N2. The third-order valence-electron chi connectivity index (χ3n) is 5.57. The van der Waals surface area contributed by atoms with Crippen molar-refractivity contribution in [2.45, 2.75) is 58.3 Å². The molecule has 1 atom stereocenters. The van der Waals surface area contributed by atoms with Crippen molar-refractivity contribution >= 4 is 0 Å². The van der Waals surface area contributed by atoms with Crippen LogP contribution >= 0.6 is 0 Å². The molecule has 3 aliphatic rings. The second-order valence-corrected chi connectivity index (χ2v) is 7.65. The van der Waals surface area contributed by atoms with E-state index in [1.54, 1.807) is 0 Å². The molecule has 2 aliphatic heterocycles. The van der Waals surface area contributed by atoms with Crippen LogP contribution in [0.2, 0.25) is 0 Å². The lowest BCUT2D eigenvalue weighted by atomic mass is 9.71. The van der Waals surface area contributed by atoms with E-state index < -0.39 is 0 Å². The second-order valence-electron chi connectivity index (χ2n) is 7.65. The quantitative estimate of drug-likeness (QED) is 0.810. The summed E-state index contributed by atoms with van der Waals surface area (Å²) < 4.78 is 0. The topological polar surface area (TPSA) is 15.3 Å². The van der Waals surface area contributed by atoms with Gasteiger partial charge in [-0.2, -0.15) is 0 Å². The van der Waals surface area contributed by atoms with E-state index in [9.17, 15) is 0 Å². The van der Waals surface area contributed by atoms with Gasteiger partial charge in [0.05, 0.1) is 0 Å². The molecule has 104 valence electrons. The van der Waals surface area contributed by atoms with Crippen LogP contribution < -0.4 is 5.32 Å². The summed E-state index contributed by atoms with van der Waals surface area (Å²) in [4.78, 5) is 2.75. The number of nitrogens with zero attached hydrogens (tertiary/aromatic N) is 1. The highest BCUT2D eigenvalue weighted by Crippen LogP contribution is 2.44. The van der Waals surface area contributed by atoms with E-state index in [0.717, 1.165) is 5.41 Å². The first-order chi connectivity index (χ1) is 8.70. The van der Waals surface area contributed by atoms with Crippen LogP contribution in [0.4, 0.5) is 0 Å². The van der Waals surface area contributed by atoms with E-state index in [2.05, 4.69) is 17.1 Å². The van der Waals surface area contributed by atoms with Crippen molar-refractivity contribution in [2.24, 2.45) is 10.8 Å². The molecule has 2 nitrogen and oxygen atoms in total. The zero-order valence-corrected chi connectivity index (χ0v) is 12.1. The molecule has 0 bridgehead atoms. The lowest BCUT2D eigenvalue weighted by molar-refractivity contribution is -0.0393. The first-order valence-corrected chi connectivity index (χ1v) is 8.13. The molecule has 3 rings (SSSR count). The molecule has 2 heteroatoms. The molecule has 0 aromatic heterocycles. The highest BCUT2D eigenvalue weighted by Gasteiger charge is 2.44. The average Bonchev–Trinajstić information content (AvgIpc) is 2.55. The summed E-state index contributed by atoms with van der Waals surface area (Å²) in [6.07, 6.45) is 11.8. The van der Waals surface area contributed by atoms with Gasteiger partial charge in [-0.05, 0) is 43.1 Å². The predicted octanol–water partition coefficient (Wildman–Crippen LogP) is 3.03. The van der Waals surface area contributed by atoms with Gasteiger partial charge in [0.15, 0.2) is 0 Å². The first-order valence-electron chi connectivity index (χ1n) is 8.13. The van der Waals surface area contributed by atoms with Crippen LogP contribution in [0, 0.1) is 10.8 Å². The van der Waals surface area contributed by atoms with Crippen molar-refractivity contribution in [2.75, 3.05) is 32.7 Å². The lowest BCUT2D eigenvalue weighted by Gasteiger charge is -2.53. The molecule has 3 fully saturated rings. The van der Waals surface area contributed by atoms with E-state index in [1.165, 1.54) is 84.1 Å². The van der Waals surface area contributed by atoms with Crippen molar-refractivity contribution in [3.8, 4) is 0 Å². The number of hydrogen-bond donors (Lipinski definition) is 1. The fraction of sp³-hybridized carbons (Fsp3) is 1.00. The summed E-state index contributed by atoms with van der Waals surface area (Å²) in [5.41, 5.74) is 1.29. The van der Waals surface area contributed by atoms with E-state index in [4.69, 9.17) is 0 Å². The summed E-state index contributed by atoms with van der Waals surface area (Å²) >= 11 is 0. The molecule has 1 aliphatic carbocycles. The Labute approximate surface area is 113 Å². The number of rotatable bonds is 2. The Hall–Kier alpha value is -0.0800. The molecule has 0 radical (unpaired) electrons. The van der Waals surface area contributed by atoms with E-state index in [-0.39, 0.29) is 0 Å². The van der Waals surface area contributed by atoms with Crippen molar-refractivity contribution in [3.05, 3.63) is 0 Å². The standard InChI is InChI=1S/C16H30N2/c1-15(7-6-10-17-11-15)12-18-13-16(14-18)8-4-2-3-5-9-16/h17H,2-14H2,1H3. The van der Waals surface area contributed by atoms with Gasteiger partial charge in [-0.15, -0.1) is 0 Å². The van der Waals surface area contributed by atoms with Crippen LogP contribution in [0.1, 0.15) is 58.3 Å². The largest absolute Gasteiger partial charge is 0.316 e. The van der Waals surface area contributed by atoms with Gasteiger partial charge in [0.2, 0.25) is 0 Å². The van der Waals surface area contributed by atoms with Crippen LogP contribution in [-0.2, 0) is 0 Å². The molecule has 0 aromatic rings. The van der Waals surface area contributed by atoms with Crippen molar-refractivity contribution in [3.63, 3.8) is 0 Å². The zero-order valence-electron chi connectivity index (χ0n) is 12.1. The predicted molar refractivity (Wildman–Crippen MR) is 76.8 cm³/mol. The van der Waals surface area contributed by atoms with Crippen LogP contribution in [0.3, 0.4) is 0 Å². The molecule has 18 heavy (non-hydrogen) atoms. The Morgan fingerprint density at radius 2 is 1.67 bits per heavy atom. The third kappa shape index (κ3) is 2.75. The average molecular weight is 250 g/mol. The lowest BCUT2D eigenvalue weighted by Crippen LogP contribution is -2.59. The van der Waals surface area contributed by atoms with Gasteiger partial charge in [-0.1, -0.05) is 32.6 Å². The summed E-state index contributed by atoms with van der Waals surface area (Å²) in [6.45, 7) is 9.10. The maximum Gasteiger partial charge on any atom is 0.00507 e. The number of likely N-dealkylation sites (tertiary alicyclic amines) is 1. The Morgan fingerprint density at radius 1 is 0.944 bits per heavy atom. The van der Waals surface area contributed by atoms with E-state index >= 15 is 0 Å². The van der Waals surface area contributed by atoms with E-state index in [0.29, 0.717) is 5.41 Å². The van der Waals surface area contributed by atoms with Gasteiger partial charge in [0, 0.05) is 26.2 Å². The second kappa shape index (κ2) is 5.13. The molecule has 2 heterocycles. The molecule has 1 spiro atoms. The highest BCUT2D eigenvalue weighted by atomic mass is 15.2. The molecule has 1 saturated carbocycles. The molecule has 1 unspecified atom stereocenters. The Kier molecular flexibility index (Phi) is 3.68. The number of nitrogens with one attached hydrogen (secondary N) is 1. The van der Waals surface area contributed by atoms with Crippen molar-refractivity contribution < 1.29 is 0 Å². The molecule has 0 amide bonds. The molecular weight excluding hydrogens is 220 g/mol. The normalized spacial score (nSPS) is 37.2. The van der Waals surface area contributed by atoms with Gasteiger partial charge >= 0.3 is 0 Å². The van der Waals surface area contributed by atoms with Crippen LogP contribution in [0.25, 0.3) is 0 Å². The zero-order chi connectivity index (χ0) is 12.5. The van der Waals surface area contributed by atoms with Gasteiger partial charge in [-0.3, -0.25) is 0 Å². The Bertz CT molecular complexity index is 265. The Balaban J connectivity index is 1.49. The summed E-state index contributed by atoms with van der Waals surface area (Å²) in [5.74, 6) is 0. The summed E-state index contributed by atoms with van der Waals surface area (Å²) in [5, 5.41) is 3.58. The maximum absolute atomic E-state index is 3.58. The van der Waals surface area contributed by atoms with Crippen LogP contribution in [0.15, 0.2) is 0 Å². The highest BCUT2D eigenvalue weighted by molar-refractivity contribution is 4.98. The number of piperidine rings is 1. The monoisotopic (exact) mass is 250 g/mol. The van der Waals surface area contributed by atoms with Gasteiger partial charge < -0.3 is 10.2 Å². The van der Waals surface area contributed by atoms with Crippen LogP contribution in [0.5, 0.6) is 0 Å². The van der Waals surface area contributed by atoms with E-state index in [1.807, 2.05) is 0 Å². The van der Waals surface area contributed by atoms with Gasteiger partial charge in [0.25, 0.3) is 0 Å². The minimum atomic E-state index is 0.546. The molecule has 1 N–H and O–H groups in total. The summed E-state index contributed by atoms with van der Waals surface area (Å²) in [6, 6.07) is 0. The molecule has 2 saturated heterocycles. The smallest absolute Gasteiger partial charge is 0.00507 e. The van der Waals surface area contributed by atoms with Crippen molar-refractivity contribution in [1.82, 2.24) is 10.2 Å². The summed E-state index contributed by atoms with van der Waals surface area (Å²) in [7, 11) is 0. The van der Waals surface area contributed by atoms with Crippen molar-refractivity contribution in [1.29, 1.82) is 0 Å². The molecule has 0 aromatic carbocycles. The van der Waals surface area contributed by atoms with Gasteiger partial charge in [0.1, 0.15) is 0 Å². The SMILES string of the molecule is CC1(CN2CC3(CCCCCC3)C2)CCCNC1. The minimum absolute atomic E-state index is 0.546. The first kappa shape index (κ1) is 12.9. The minimum Gasteiger partial charge on any atom is -0.316 e. The third-order valence-corrected chi connectivity index (χ3v) is 5.57. The number of hydrogen-bond acceptors (Lipinski definition) is 2. The van der Waals surface area contributed by atoms with Crippen LogP contribution in [-0.4, -0.2) is 37.6 Å². The maximum atomic E-state index is 3.58. The Morgan fingerprint density at radius 3 is 2.28 bits per heavy atom.